The van der Waals surface area contributed by atoms with Crippen LogP contribution < -0.4 is 11.1 Å². The van der Waals surface area contributed by atoms with Crippen molar-refractivity contribution in [3.63, 3.8) is 0 Å². The summed E-state index contributed by atoms with van der Waals surface area (Å²) in [5, 5.41) is 2.75. The highest BCUT2D eigenvalue weighted by Crippen LogP contribution is 2.29. The number of nitrogens with one attached hydrogen (secondary N) is 1. The number of esters is 3. The van der Waals surface area contributed by atoms with Gasteiger partial charge in [-0.3, -0.25) is 19.2 Å². The summed E-state index contributed by atoms with van der Waals surface area (Å²) in [4.78, 5) is 47.1. The van der Waals surface area contributed by atoms with Crippen molar-refractivity contribution < 1.29 is 61.8 Å². The van der Waals surface area contributed by atoms with E-state index >= 15 is 0 Å². The third kappa shape index (κ3) is 17.2. The summed E-state index contributed by atoms with van der Waals surface area (Å²) >= 11 is 0. The first kappa shape index (κ1) is 36.6. The van der Waals surface area contributed by atoms with Gasteiger partial charge in [-0.1, -0.05) is 0 Å². The summed E-state index contributed by atoms with van der Waals surface area (Å²) in [6, 6.07) is 0. The van der Waals surface area contributed by atoms with Crippen LogP contribution in [0.5, 0.6) is 0 Å². The van der Waals surface area contributed by atoms with Crippen LogP contribution in [0, 0.1) is 0 Å². The van der Waals surface area contributed by atoms with E-state index in [0.717, 1.165) is 0 Å². The first-order chi connectivity index (χ1) is 19.6. The lowest BCUT2D eigenvalue weighted by atomic mass is 9.99. The van der Waals surface area contributed by atoms with E-state index in [1.807, 2.05) is 0 Å². The second-order valence-electron chi connectivity index (χ2n) is 8.99. The molecule has 0 aromatic heterocycles. The number of nitrogens with two attached hydrogens (primary N) is 1. The lowest BCUT2D eigenvalue weighted by molar-refractivity contribution is -0.300. The SMILES string of the molecule is CC(=O)O[C@@H]1[C@@H](OC(C)=O)[C@H](C)O[C@@H](OCCCC(=O)NCCOCCOCCOCCOCCN)[C@@H]1OC(C)=O. The number of amides is 1. The average molecular weight is 595 g/mol. The number of hydrogen-bond acceptors (Lipinski definition) is 14. The molecular weight excluding hydrogens is 548 g/mol. The molecule has 0 spiro atoms. The highest BCUT2D eigenvalue weighted by molar-refractivity contribution is 5.75. The highest BCUT2D eigenvalue weighted by atomic mass is 16.7. The molecule has 1 heterocycles. The summed E-state index contributed by atoms with van der Waals surface area (Å²) in [5.74, 6) is -2.13. The van der Waals surface area contributed by atoms with Gasteiger partial charge in [0.05, 0.1) is 65.6 Å². The molecule has 1 rings (SSSR count). The molecule has 0 unspecified atom stereocenters. The Bertz CT molecular complexity index is 770. The molecule has 5 atom stereocenters. The summed E-state index contributed by atoms with van der Waals surface area (Å²) in [7, 11) is 0. The second kappa shape index (κ2) is 22.2. The van der Waals surface area contributed by atoms with Gasteiger partial charge in [0.2, 0.25) is 5.91 Å². The van der Waals surface area contributed by atoms with Crippen LogP contribution in [0.15, 0.2) is 0 Å². The quantitative estimate of drug-likeness (QED) is 0.0923. The van der Waals surface area contributed by atoms with Crippen molar-refractivity contribution in [2.75, 3.05) is 72.6 Å². The van der Waals surface area contributed by atoms with Crippen molar-refractivity contribution in [1.82, 2.24) is 5.32 Å². The molecule has 0 aliphatic carbocycles. The van der Waals surface area contributed by atoms with Gasteiger partial charge in [-0.25, -0.2) is 0 Å². The first-order valence-corrected chi connectivity index (χ1v) is 13.7. The smallest absolute Gasteiger partial charge is 0.303 e. The fourth-order valence-corrected chi connectivity index (χ4v) is 3.73. The summed E-state index contributed by atoms with van der Waals surface area (Å²) in [5.41, 5.74) is 5.32. The number of carbonyl (C=O) groups excluding carboxylic acids is 4. The standard InChI is InChI=1S/C26H46N2O13/c1-18-23(39-19(2)29)24(40-20(3)30)25(41-21(4)31)26(38-18)37-9-5-6-22(32)28-8-11-34-13-15-36-17-16-35-14-12-33-10-7-27/h18,23-26H,5-17,27H2,1-4H3,(H,28,32)/t18-,23-,24+,25+,26+/m0/s1. The maximum Gasteiger partial charge on any atom is 0.303 e. The van der Waals surface area contributed by atoms with E-state index in [0.29, 0.717) is 72.4 Å². The Morgan fingerprint density at radius 3 is 1.71 bits per heavy atom. The van der Waals surface area contributed by atoms with E-state index in [2.05, 4.69) is 5.32 Å². The van der Waals surface area contributed by atoms with Crippen LogP contribution in [-0.4, -0.2) is 127 Å². The molecule has 0 radical (unpaired) electrons. The van der Waals surface area contributed by atoms with Crippen molar-refractivity contribution in [1.29, 1.82) is 0 Å². The highest BCUT2D eigenvalue weighted by Gasteiger charge is 2.50. The number of rotatable bonds is 22. The van der Waals surface area contributed by atoms with Gasteiger partial charge in [-0.2, -0.15) is 0 Å². The van der Waals surface area contributed by atoms with Crippen LogP contribution in [0.3, 0.4) is 0 Å². The van der Waals surface area contributed by atoms with E-state index in [1.54, 1.807) is 6.92 Å². The first-order valence-electron chi connectivity index (χ1n) is 13.7. The molecule has 0 saturated carbocycles. The normalized spacial score (nSPS) is 22.1. The van der Waals surface area contributed by atoms with Gasteiger partial charge in [0, 0.05) is 40.3 Å². The van der Waals surface area contributed by atoms with Crippen molar-refractivity contribution in [3.8, 4) is 0 Å². The molecule has 1 amide bonds. The molecule has 15 heteroatoms. The molecule has 0 bridgehead atoms. The molecule has 3 N–H and O–H groups in total. The van der Waals surface area contributed by atoms with E-state index in [1.165, 1.54) is 20.8 Å². The molecule has 1 aliphatic rings. The minimum Gasteiger partial charge on any atom is -0.456 e. The zero-order valence-electron chi connectivity index (χ0n) is 24.5. The maximum absolute atomic E-state index is 12.1. The molecule has 41 heavy (non-hydrogen) atoms. The Morgan fingerprint density at radius 1 is 0.683 bits per heavy atom. The Kier molecular flexibility index (Phi) is 19.9. The number of hydrogen-bond donors (Lipinski definition) is 2. The number of carbonyl (C=O) groups is 4. The summed E-state index contributed by atoms with van der Waals surface area (Å²) < 4.78 is 48.8. The second-order valence-corrected chi connectivity index (χ2v) is 8.99. The summed E-state index contributed by atoms with van der Waals surface area (Å²) in [6.45, 7) is 9.65. The van der Waals surface area contributed by atoms with Gasteiger partial charge >= 0.3 is 17.9 Å². The molecule has 1 saturated heterocycles. The number of ether oxygens (including phenoxy) is 9. The van der Waals surface area contributed by atoms with Crippen LogP contribution in [0.4, 0.5) is 0 Å². The zero-order valence-corrected chi connectivity index (χ0v) is 24.5. The van der Waals surface area contributed by atoms with Crippen LogP contribution >= 0.6 is 0 Å². The average Bonchev–Trinajstić information content (AvgIpc) is 2.90. The Morgan fingerprint density at radius 2 is 1.17 bits per heavy atom. The van der Waals surface area contributed by atoms with Crippen molar-refractivity contribution >= 4 is 23.8 Å². The van der Waals surface area contributed by atoms with Gasteiger partial charge in [-0.05, 0) is 13.3 Å². The summed E-state index contributed by atoms with van der Waals surface area (Å²) in [6.07, 6.45) is -4.65. The Labute approximate surface area is 240 Å². The molecule has 1 fully saturated rings. The predicted octanol–water partition coefficient (Wildman–Crippen LogP) is -0.536. The Balaban J connectivity index is 2.26. The Hall–Kier alpha value is -2.40. The molecule has 238 valence electrons. The zero-order chi connectivity index (χ0) is 30.5. The van der Waals surface area contributed by atoms with Crippen LogP contribution in [-0.2, 0) is 61.8 Å². The maximum atomic E-state index is 12.1. The van der Waals surface area contributed by atoms with E-state index in [9.17, 15) is 19.2 Å². The van der Waals surface area contributed by atoms with E-state index < -0.39 is 48.6 Å². The van der Waals surface area contributed by atoms with Crippen LogP contribution in [0.2, 0.25) is 0 Å². The minimum absolute atomic E-state index is 0.0892. The molecular formula is C26H46N2O13. The van der Waals surface area contributed by atoms with Crippen molar-refractivity contribution in [3.05, 3.63) is 0 Å². The van der Waals surface area contributed by atoms with Gasteiger partial charge in [0.1, 0.15) is 0 Å². The van der Waals surface area contributed by atoms with Crippen molar-refractivity contribution in [2.24, 2.45) is 5.73 Å². The van der Waals surface area contributed by atoms with E-state index in [-0.39, 0.29) is 18.9 Å². The van der Waals surface area contributed by atoms with Gasteiger partial charge in [-0.15, -0.1) is 0 Å². The molecule has 0 aromatic rings. The van der Waals surface area contributed by atoms with E-state index in [4.69, 9.17) is 48.4 Å². The molecule has 15 nitrogen and oxygen atoms in total. The monoisotopic (exact) mass is 594 g/mol. The van der Waals surface area contributed by atoms with Gasteiger partial charge in [0.15, 0.2) is 24.6 Å². The van der Waals surface area contributed by atoms with Gasteiger partial charge in [0.25, 0.3) is 0 Å². The lowest BCUT2D eigenvalue weighted by Crippen LogP contribution is -2.61. The molecule has 0 aromatic carbocycles. The topological polar surface area (TPSA) is 189 Å². The fraction of sp³-hybridized carbons (Fsp3) is 0.846. The van der Waals surface area contributed by atoms with Crippen LogP contribution in [0.25, 0.3) is 0 Å². The van der Waals surface area contributed by atoms with Crippen LogP contribution in [0.1, 0.15) is 40.5 Å². The third-order valence-electron chi connectivity index (χ3n) is 5.41. The lowest BCUT2D eigenvalue weighted by Gasteiger charge is -2.43. The minimum atomic E-state index is -1.18. The van der Waals surface area contributed by atoms with Crippen molar-refractivity contribution in [2.45, 2.75) is 71.2 Å². The largest absolute Gasteiger partial charge is 0.456 e. The fourth-order valence-electron chi connectivity index (χ4n) is 3.73. The predicted molar refractivity (Wildman–Crippen MR) is 142 cm³/mol. The molecule has 1 aliphatic heterocycles. The van der Waals surface area contributed by atoms with Gasteiger partial charge < -0.3 is 53.7 Å². The third-order valence-corrected chi connectivity index (χ3v) is 5.41.